The van der Waals surface area contributed by atoms with Crippen molar-refractivity contribution in [2.45, 2.75) is 18.5 Å². The Bertz CT molecular complexity index is 1250. The molecule has 1 aliphatic rings. The number of amides is 1. The number of nitrogens with one attached hydrogen (secondary N) is 1. The first-order chi connectivity index (χ1) is 16.1. The van der Waals surface area contributed by atoms with Gasteiger partial charge in [-0.25, -0.2) is 4.98 Å². The van der Waals surface area contributed by atoms with Gasteiger partial charge in [-0.1, -0.05) is 11.6 Å². The van der Waals surface area contributed by atoms with Crippen LogP contribution in [0.25, 0.3) is 0 Å². The van der Waals surface area contributed by atoms with Crippen molar-refractivity contribution < 1.29 is 37.3 Å². The molecule has 0 spiro atoms. The molecule has 0 aliphatic carbocycles. The fourth-order valence-electron chi connectivity index (χ4n) is 3.39. The number of ether oxygens (including phenoxy) is 2. The van der Waals surface area contributed by atoms with Gasteiger partial charge in [-0.15, -0.1) is 0 Å². The third-order valence-corrected chi connectivity index (χ3v) is 5.37. The third kappa shape index (κ3) is 5.07. The fraction of sp³-hybridized carbons (Fsp3) is 0.174. The van der Waals surface area contributed by atoms with E-state index in [-0.39, 0.29) is 28.8 Å². The minimum absolute atomic E-state index is 0.163. The molecule has 4 rings (SSSR count). The highest BCUT2D eigenvalue weighted by molar-refractivity contribution is 6.32. The molecule has 1 unspecified atom stereocenters. The SMILES string of the molecule is O=C(Nc1cc(C(F)(F)F)ccn1)c1ccc(Oc2cc3c(cc2Cl)C(C(=O)O)CCO3)cc1. The smallest absolute Gasteiger partial charge is 0.416 e. The average molecular weight is 493 g/mol. The molecule has 7 nitrogen and oxygen atoms in total. The molecule has 3 aromatic rings. The lowest BCUT2D eigenvalue weighted by molar-refractivity contribution is -0.139. The summed E-state index contributed by atoms with van der Waals surface area (Å²) in [5, 5.41) is 11.9. The van der Waals surface area contributed by atoms with Crippen LogP contribution in [0.5, 0.6) is 17.2 Å². The predicted molar refractivity (Wildman–Crippen MR) is 116 cm³/mol. The maximum atomic E-state index is 12.8. The van der Waals surface area contributed by atoms with Crippen LogP contribution in [0.2, 0.25) is 5.02 Å². The fourth-order valence-corrected chi connectivity index (χ4v) is 3.60. The lowest BCUT2D eigenvalue weighted by atomic mass is 9.93. The molecule has 0 saturated heterocycles. The van der Waals surface area contributed by atoms with E-state index in [2.05, 4.69) is 10.3 Å². The number of benzene rings is 2. The molecule has 0 radical (unpaired) electrons. The molecule has 176 valence electrons. The maximum Gasteiger partial charge on any atom is 0.416 e. The third-order valence-electron chi connectivity index (χ3n) is 5.08. The number of hydrogen-bond donors (Lipinski definition) is 2. The molecule has 2 N–H and O–H groups in total. The van der Waals surface area contributed by atoms with Crippen molar-refractivity contribution in [3.8, 4) is 17.2 Å². The quantitative estimate of drug-likeness (QED) is 0.470. The number of fused-ring (bicyclic) bond motifs is 1. The molecule has 1 amide bonds. The van der Waals surface area contributed by atoms with E-state index in [0.717, 1.165) is 18.3 Å². The van der Waals surface area contributed by atoms with Crippen LogP contribution in [0.15, 0.2) is 54.7 Å². The zero-order valence-corrected chi connectivity index (χ0v) is 18.0. The van der Waals surface area contributed by atoms with Crippen molar-refractivity contribution in [3.63, 3.8) is 0 Å². The van der Waals surface area contributed by atoms with E-state index < -0.39 is 29.5 Å². The number of hydrogen-bond acceptors (Lipinski definition) is 5. The van der Waals surface area contributed by atoms with E-state index in [1.807, 2.05) is 0 Å². The molecule has 0 fully saturated rings. The van der Waals surface area contributed by atoms with Crippen molar-refractivity contribution in [2.75, 3.05) is 11.9 Å². The molecule has 0 saturated carbocycles. The van der Waals surface area contributed by atoms with Crippen molar-refractivity contribution in [1.82, 2.24) is 4.98 Å². The van der Waals surface area contributed by atoms with E-state index in [0.29, 0.717) is 23.5 Å². The number of carbonyl (C=O) groups is 2. The standard InChI is InChI=1S/C23H16ClF3N2O5/c24-17-10-16-15(22(31)32)6-8-33-18(16)11-19(17)34-14-3-1-12(2-4-14)21(30)29-20-9-13(5-7-28-20)23(25,26)27/h1-5,7,9-11,15H,6,8H2,(H,31,32)(H,28,29,30). The van der Waals surface area contributed by atoms with Gasteiger partial charge in [0.1, 0.15) is 23.1 Å². The Balaban J connectivity index is 1.47. The van der Waals surface area contributed by atoms with Crippen molar-refractivity contribution >= 4 is 29.3 Å². The predicted octanol–water partition coefficient (Wildman–Crippen LogP) is 5.75. The number of aliphatic carboxylic acids is 1. The number of aromatic nitrogens is 1. The van der Waals surface area contributed by atoms with Gasteiger partial charge in [-0.2, -0.15) is 13.2 Å². The lowest BCUT2D eigenvalue weighted by Gasteiger charge is -2.24. The second-order valence-corrected chi connectivity index (χ2v) is 7.76. The van der Waals surface area contributed by atoms with Crippen LogP contribution >= 0.6 is 11.6 Å². The molecule has 11 heteroatoms. The first-order valence-corrected chi connectivity index (χ1v) is 10.3. The van der Waals surface area contributed by atoms with Crippen LogP contribution in [-0.2, 0) is 11.0 Å². The van der Waals surface area contributed by atoms with E-state index in [9.17, 15) is 27.9 Å². The van der Waals surface area contributed by atoms with E-state index in [4.69, 9.17) is 21.1 Å². The summed E-state index contributed by atoms with van der Waals surface area (Å²) in [6.07, 6.45) is -3.27. The zero-order chi connectivity index (χ0) is 24.5. The summed E-state index contributed by atoms with van der Waals surface area (Å²) in [7, 11) is 0. The van der Waals surface area contributed by atoms with Gasteiger partial charge in [-0.05, 0) is 48.9 Å². The Morgan fingerprint density at radius 3 is 2.56 bits per heavy atom. The second kappa shape index (κ2) is 9.22. The number of pyridine rings is 1. The molecule has 1 aromatic heterocycles. The van der Waals surface area contributed by atoms with Crippen molar-refractivity contribution in [2.24, 2.45) is 0 Å². The van der Waals surface area contributed by atoms with Gasteiger partial charge in [0.05, 0.1) is 23.1 Å². The van der Waals surface area contributed by atoms with E-state index in [1.54, 1.807) is 0 Å². The van der Waals surface area contributed by atoms with Gasteiger partial charge in [-0.3, -0.25) is 9.59 Å². The lowest BCUT2D eigenvalue weighted by Crippen LogP contribution is -2.20. The summed E-state index contributed by atoms with van der Waals surface area (Å²) in [5.41, 5.74) is -0.302. The van der Waals surface area contributed by atoms with Crippen LogP contribution in [0.4, 0.5) is 19.0 Å². The van der Waals surface area contributed by atoms with Crippen LogP contribution in [-0.4, -0.2) is 28.6 Å². The van der Waals surface area contributed by atoms with Gasteiger partial charge >= 0.3 is 12.1 Å². The minimum Gasteiger partial charge on any atom is -0.493 e. The highest BCUT2D eigenvalue weighted by atomic mass is 35.5. The Morgan fingerprint density at radius 2 is 1.88 bits per heavy atom. The van der Waals surface area contributed by atoms with E-state index in [1.165, 1.54) is 36.4 Å². The van der Waals surface area contributed by atoms with Crippen LogP contribution < -0.4 is 14.8 Å². The normalized spacial score (nSPS) is 15.1. The Hall–Kier alpha value is -3.79. The number of anilines is 1. The van der Waals surface area contributed by atoms with Crippen LogP contribution in [0.3, 0.4) is 0 Å². The summed E-state index contributed by atoms with van der Waals surface area (Å²) < 4.78 is 49.8. The first kappa shape index (κ1) is 23.4. The number of carboxylic acid groups (broad SMARTS) is 1. The van der Waals surface area contributed by atoms with Gasteiger partial charge < -0.3 is 19.9 Å². The first-order valence-electron chi connectivity index (χ1n) is 9.93. The molecule has 0 bridgehead atoms. The van der Waals surface area contributed by atoms with Gasteiger partial charge in [0.25, 0.3) is 5.91 Å². The highest BCUT2D eigenvalue weighted by Gasteiger charge is 2.31. The number of halogens is 4. The monoisotopic (exact) mass is 492 g/mol. The summed E-state index contributed by atoms with van der Waals surface area (Å²) in [6, 6.07) is 10.3. The van der Waals surface area contributed by atoms with E-state index >= 15 is 0 Å². The Labute approximate surface area is 196 Å². The van der Waals surface area contributed by atoms with Crippen LogP contribution in [0, 0.1) is 0 Å². The second-order valence-electron chi connectivity index (χ2n) is 7.36. The highest BCUT2D eigenvalue weighted by Crippen LogP contribution is 2.41. The molecule has 34 heavy (non-hydrogen) atoms. The summed E-state index contributed by atoms with van der Waals surface area (Å²) >= 11 is 6.27. The number of carbonyl (C=O) groups excluding carboxylic acids is 1. The molecular formula is C23H16ClF3N2O5. The summed E-state index contributed by atoms with van der Waals surface area (Å²) in [5.74, 6) is -1.66. The van der Waals surface area contributed by atoms with Gasteiger partial charge in [0.15, 0.2) is 0 Å². The topological polar surface area (TPSA) is 97.8 Å². The Kier molecular flexibility index (Phi) is 6.34. The number of alkyl halides is 3. The summed E-state index contributed by atoms with van der Waals surface area (Å²) in [4.78, 5) is 27.6. The summed E-state index contributed by atoms with van der Waals surface area (Å²) in [6.45, 7) is 0.246. The van der Waals surface area contributed by atoms with Crippen LogP contribution in [0.1, 0.15) is 33.8 Å². The Morgan fingerprint density at radius 1 is 1.15 bits per heavy atom. The number of nitrogens with zero attached hydrogens (tertiary/aromatic N) is 1. The average Bonchev–Trinajstić information content (AvgIpc) is 2.79. The minimum atomic E-state index is -4.56. The molecule has 1 aliphatic heterocycles. The zero-order valence-electron chi connectivity index (χ0n) is 17.2. The number of rotatable bonds is 5. The molecule has 2 heterocycles. The van der Waals surface area contributed by atoms with Crippen molar-refractivity contribution in [1.29, 1.82) is 0 Å². The largest absolute Gasteiger partial charge is 0.493 e. The number of carboxylic acids is 1. The molecule has 2 aromatic carbocycles. The van der Waals surface area contributed by atoms with Gasteiger partial charge in [0.2, 0.25) is 0 Å². The molecule has 1 atom stereocenters. The van der Waals surface area contributed by atoms with Crippen molar-refractivity contribution in [3.05, 3.63) is 76.4 Å². The molecular weight excluding hydrogens is 477 g/mol. The maximum absolute atomic E-state index is 12.8. The van der Waals surface area contributed by atoms with Gasteiger partial charge in [0, 0.05) is 23.4 Å².